The van der Waals surface area contributed by atoms with Crippen LogP contribution in [0.5, 0.6) is 0 Å². The number of ether oxygens (including phenoxy) is 1. The quantitative estimate of drug-likeness (QED) is 0.847. The zero-order valence-electron chi connectivity index (χ0n) is 12.1. The van der Waals surface area contributed by atoms with E-state index in [0.717, 1.165) is 38.1 Å². The second-order valence-electron chi connectivity index (χ2n) is 6.18. The predicted octanol–water partition coefficient (Wildman–Crippen LogP) is 1.92. The third-order valence-corrected chi connectivity index (χ3v) is 4.55. The molecule has 110 valence electrons. The first kappa shape index (κ1) is 14.8. The van der Waals surface area contributed by atoms with E-state index in [1.54, 1.807) is 0 Å². The third kappa shape index (κ3) is 4.18. The van der Waals surface area contributed by atoms with E-state index >= 15 is 0 Å². The lowest BCUT2D eigenvalue weighted by Crippen LogP contribution is -2.49. The molecule has 1 aliphatic heterocycles. The summed E-state index contributed by atoms with van der Waals surface area (Å²) in [6.07, 6.45) is 8.36. The second kappa shape index (κ2) is 7.25. The van der Waals surface area contributed by atoms with Gasteiger partial charge in [0.2, 0.25) is 5.91 Å². The minimum Gasteiger partial charge on any atom is -0.368 e. The Morgan fingerprint density at radius 1 is 1.26 bits per heavy atom. The van der Waals surface area contributed by atoms with Crippen LogP contribution in [-0.2, 0) is 9.53 Å². The Hall–Kier alpha value is -0.610. The highest BCUT2D eigenvalue weighted by Crippen LogP contribution is 2.26. The highest BCUT2D eigenvalue weighted by Gasteiger charge is 2.27. The molecule has 1 amide bonds. The first-order valence-electron chi connectivity index (χ1n) is 7.82. The standard InChI is InChI=1S/C15H28N2O2/c1-12-5-4-7-14(9-12)19-11-15(18)17-8-3-2-6-13(17)10-16/h12-14H,2-11,16H2,1H3/t12-,13-,14+/m1/s1. The van der Waals surface area contributed by atoms with Crippen molar-refractivity contribution in [3.63, 3.8) is 0 Å². The predicted molar refractivity (Wildman–Crippen MR) is 75.8 cm³/mol. The zero-order chi connectivity index (χ0) is 13.7. The van der Waals surface area contributed by atoms with Gasteiger partial charge in [-0.25, -0.2) is 0 Å². The van der Waals surface area contributed by atoms with Crippen LogP contribution in [0.3, 0.4) is 0 Å². The van der Waals surface area contributed by atoms with Gasteiger partial charge < -0.3 is 15.4 Å². The molecule has 0 aromatic rings. The van der Waals surface area contributed by atoms with Gasteiger partial charge in [-0.05, 0) is 38.0 Å². The number of likely N-dealkylation sites (tertiary alicyclic amines) is 1. The first-order valence-corrected chi connectivity index (χ1v) is 7.82. The van der Waals surface area contributed by atoms with Gasteiger partial charge in [-0.15, -0.1) is 0 Å². The number of amides is 1. The molecule has 0 aromatic heterocycles. The molecule has 4 heteroatoms. The van der Waals surface area contributed by atoms with Crippen LogP contribution in [0.2, 0.25) is 0 Å². The Bertz CT molecular complexity index is 296. The lowest BCUT2D eigenvalue weighted by Gasteiger charge is -2.35. The number of hydrogen-bond donors (Lipinski definition) is 1. The van der Waals surface area contributed by atoms with E-state index in [0.29, 0.717) is 6.54 Å². The van der Waals surface area contributed by atoms with Crippen molar-refractivity contribution in [1.82, 2.24) is 4.90 Å². The van der Waals surface area contributed by atoms with Crippen molar-refractivity contribution in [3.8, 4) is 0 Å². The topological polar surface area (TPSA) is 55.6 Å². The van der Waals surface area contributed by atoms with E-state index in [1.807, 2.05) is 4.90 Å². The molecule has 1 aliphatic carbocycles. The van der Waals surface area contributed by atoms with E-state index < -0.39 is 0 Å². The summed E-state index contributed by atoms with van der Waals surface area (Å²) in [5.74, 6) is 0.869. The van der Waals surface area contributed by atoms with Gasteiger partial charge in [0.1, 0.15) is 6.61 Å². The Balaban J connectivity index is 1.76. The molecule has 0 unspecified atom stereocenters. The molecule has 2 fully saturated rings. The largest absolute Gasteiger partial charge is 0.368 e. The van der Waals surface area contributed by atoms with Gasteiger partial charge in [-0.3, -0.25) is 4.79 Å². The molecule has 19 heavy (non-hydrogen) atoms. The van der Waals surface area contributed by atoms with Crippen molar-refractivity contribution in [2.24, 2.45) is 11.7 Å². The van der Waals surface area contributed by atoms with Gasteiger partial charge >= 0.3 is 0 Å². The monoisotopic (exact) mass is 268 g/mol. The normalized spacial score (nSPS) is 32.3. The SMILES string of the molecule is C[C@@H]1CCC[C@H](OCC(=O)N2CCCC[C@@H]2CN)C1. The molecule has 0 aromatic carbocycles. The lowest BCUT2D eigenvalue weighted by atomic mass is 9.89. The maximum atomic E-state index is 12.2. The van der Waals surface area contributed by atoms with Crippen LogP contribution >= 0.6 is 0 Å². The van der Waals surface area contributed by atoms with Gasteiger partial charge in [-0.2, -0.15) is 0 Å². The molecule has 1 saturated heterocycles. The van der Waals surface area contributed by atoms with Crippen molar-refractivity contribution in [1.29, 1.82) is 0 Å². The third-order valence-electron chi connectivity index (χ3n) is 4.55. The Labute approximate surface area is 116 Å². The summed E-state index contributed by atoms with van der Waals surface area (Å²) < 4.78 is 5.83. The molecule has 0 spiro atoms. The second-order valence-corrected chi connectivity index (χ2v) is 6.18. The number of carbonyl (C=O) groups is 1. The number of nitrogens with two attached hydrogens (primary N) is 1. The van der Waals surface area contributed by atoms with Crippen molar-refractivity contribution >= 4 is 5.91 Å². The molecule has 4 nitrogen and oxygen atoms in total. The van der Waals surface area contributed by atoms with Gasteiger partial charge in [0.15, 0.2) is 0 Å². The van der Waals surface area contributed by atoms with Gasteiger partial charge in [0.25, 0.3) is 0 Å². The zero-order valence-corrected chi connectivity index (χ0v) is 12.1. The average molecular weight is 268 g/mol. The highest BCUT2D eigenvalue weighted by molar-refractivity contribution is 5.78. The Morgan fingerprint density at radius 3 is 2.84 bits per heavy atom. The maximum Gasteiger partial charge on any atom is 0.248 e. The summed E-state index contributed by atoms with van der Waals surface area (Å²) in [7, 11) is 0. The molecular formula is C15H28N2O2. The minimum atomic E-state index is 0.133. The molecule has 2 rings (SSSR count). The molecule has 3 atom stereocenters. The van der Waals surface area contributed by atoms with E-state index in [-0.39, 0.29) is 24.7 Å². The van der Waals surface area contributed by atoms with Crippen molar-refractivity contribution in [2.75, 3.05) is 19.7 Å². The fourth-order valence-electron chi connectivity index (χ4n) is 3.38. The van der Waals surface area contributed by atoms with Crippen LogP contribution < -0.4 is 5.73 Å². The van der Waals surface area contributed by atoms with Crippen LogP contribution in [0.15, 0.2) is 0 Å². The van der Waals surface area contributed by atoms with Crippen LogP contribution in [0.25, 0.3) is 0 Å². The maximum absolute atomic E-state index is 12.2. The fraction of sp³-hybridized carbons (Fsp3) is 0.933. The van der Waals surface area contributed by atoms with Crippen LogP contribution in [0.1, 0.15) is 51.9 Å². The molecule has 2 N–H and O–H groups in total. The van der Waals surface area contributed by atoms with Crippen LogP contribution in [0.4, 0.5) is 0 Å². The van der Waals surface area contributed by atoms with Crippen LogP contribution in [0, 0.1) is 5.92 Å². The smallest absolute Gasteiger partial charge is 0.248 e. The molecule has 2 aliphatic rings. The Kier molecular flexibility index (Phi) is 5.64. The van der Waals surface area contributed by atoms with E-state index in [9.17, 15) is 4.79 Å². The molecule has 1 saturated carbocycles. The Morgan fingerprint density at radius 2 is 2.11 bits per heavy atom. The van der Waals surface area contributed by atoms with E-state index in [1.165, 1.54) is 19.3 Å². The number of hydrogen-bond acceptors (Lipinski definition) is 3. The fourth-order valence-corrected chi connectivity index (χ4v) is 3.38. The summed E-state index contributed by atoms with van der Waals surface area (Å²) in [5.41, 5.74) is 5.75. The molecule has 1 heterocycles. The number of rotatable bonds is 4. The number of piperidine rings is 1. The molecule has 0 bridgehead atoms. The first-order chi connectivity index (χ1) is 9.20. The van der Waals surface area contributed by atoms with Gasteiger partial charge in [0, 0.05) is 19.1 Å². The lowest BCUT2D eigenvalue weighted by molar-refractivity contribution is -0.142. The highest BCUT2D eigenvalue weighted by atomic mass is 16.5. The summed E-state index contributed by atoms with van der Waals surface area (Å²) >= 11 is 0. The van der Waals surface area contributed by atoms with Crippen molar-refractivity contribution < 1.29 is 9.53 Å². The van der Waals surface area contributed by atoms with E-state index in [2.05, 4.69) is 6.92 Å². The average Bonchev–Trinajstić information content (AvgIpc) is 2.45. The van der Waals surface area contributed by atoms with Gasteiger partial charge in [-0.1, -0.05) is 19.8 Å². The van der Waals surface area contributed by atoms with Crippen LogP contribution in [-0.4, -0.2) is 42.6 Å². The summed E-state index contributed by atoms with van der Waals surface area (Å²) in [5, 5.41) is 0. The van der Waals surface area contributed by atoms with Gasteiger partial charge in [0.05, 0.1) is 6.10 Å². The number of carbonyl (C=O) groups excluding carboxylic acids is 1. The summed E-state index contributed by atoms with van der Waals surface area (Å²) in [6.45, 7) is 3.94. The van der Waals surface area contributed by atoms with E-state index in [4.69, 9.17) is 10.5 Å². The summed E-state index contributed by atoms with van der Waals surface area (Å²) in [4.78, 5) is 14.2. The molecule has 0 radical (unpaired) electrons. The minimum absolute atomic E-state index is 0.133. The summed E-state index contributed by atoms with van der Waals surface area (Å²) in [6, 6.07) is 0.232. The number of nitrogens with zero attached hydrogens (tertiary/aromatic N) is 1. The molecular weight excluding hydrogens is 240 g/mol. The van der Waals surface area contributed by atoms with Crippen molar-refractivity contribution in [2.45, 2.75) is 64.0 Å². The van der Waals surface area contributed by atoms with Crippen molar-refractivity contribution in [3.05, 3.63) is 0 Å².